The number of benzene rings is 1. The van der Waals surface area contributed by atoms with Crippen LogP contribution in [0.2, 0.25) is 0 Å². The van der Waals surface area contributed by atoms with E-state index in [0.29, 0.717) is 12.3 Å². The van der Waals surface area contributed by atoms with Crippen molar-refractivity contribution in [3.8, 4) is 17.0 Å². The van der Waals surface area contributed by atoms with Gasteiger partial charge in [-0.1, -0.05) is 57.4 Å². The first-order chi connectivity index (χ1) is 11.3. The third-order valence-electron chi connectivity index (χ3n) is 4.00. The predicted molar refractivity (Wildman–Crippen MR) is 94.6 cm³/mol. The van der Waals surface area contributed by atoms with E-state index in [1.807, 2.05) is 49.5 Å². The number of ether oxygens (including phenoxy) is 1. The highest BCUT2D eigenvalue weighted by atomic mass is 16.5. The summed E-state index contributed by atoms with van der Waals surface area (Å²) in [6, 6.07) is 11.9. The molecule has 2 aromatic rings. The number of hydrogen-bond acceptors (Lipinski definition) is 3. The number of aliphatic hydroxyl groups excluding tert-OH is 1. The Bertz CT molecular complexity index is 580. The number of hydrogen-bond donors (Lipinski definition) is 1. The molecule has 2 rings (SSSR count). The fourth-order valence-corrected chi connectivity index (χ4v) is 2.60. The highest BCUT2D eigenvalue weighted by Crippen LogP contribution is 2.29. The van der Waals surface area contributed by atoms with Crippen LogP contribution in [0.25, 0.3) is 11.1 Å². The second-order valence-corrected chi connectivity index (χ2v) is 5.81. The Balaban J connectivity index is 2.02. The molecule has 1 aromatic carbocycles. The number of rotatable bonds is 9. The molecule has 1 N–H and O–H groups in total. The summed E-state index contributed by atoms with van der Waals surface area (Å²) in [5.74, 6) is 0.666. The van der Waals surface area contributed by atoms with E-state index in [0.717, 1.165) is 29.7 Å². The Morgan fingerprint density at radius 1 is 1.04 bits per heavy atom. The zero-order chi connectivity index (χ0) is 16.5. The molecule has 124 valence electrons. The number of unbranched alkanes of at least 4 members (excludes halogenated alkanes) is 3. The zero-order valence-corrected chi connectivity index (χ0v) is 14.2. The molecule has 0 aliphatic carbocycles. The van der Waals surface area contributed by atoms with Gasteiger partial charge >= 0.3 is 0 Å². The topological polar surface area (TPSA) is 42.4 Å². The summed E-state index contributed by atoms with van der Waals surface area (Å²) >= 11 is 0. The second kappa shape index (κ2) is 9.31. The normalized spacial score (nSPS) is 12.1. The lowest BCUT2D eigenvalue weighted by atomic mass is 9.96. The minimum Gasteiger partial charge on any atom is -0.478 e. The van der Waals surface area contributed by atoms with Crippen molar-refractivity contribution in [1.82, 2.24) is 4.98 Å². The van der Waals surface area contributed by atoms with E-state index in [-0.39, 0.29) is 0 Å². The lowest BCUT2D eigenvalue weighted by molar-refractivity contribution is 0.174. The van der Waals surface area contributed by atoms with Crippen molar-refractivity contribution < 1.29 is 9.84 Å². The van der Waals surface area contributed by atoms with Gasteiger partial charge in [-0.15, -0.1) is 0 Å². The molecule has 0 aliphatic heterocycles. The maximum atomic E-state index is 10.2. The molecule has 0 spiro atoms. The summed E-state index contributed by atoms with van der Waals surface area (Å²) in [6.07, 6.45) is 6.84. The quantitative estimate of drug-likeness (QED) is 0.651. The molecule has 23 heavy (non-hydrogen) atoms. The highest BCUT2D eigenvalue weighted by molar-refractivity contribution is 5.67. The van der Waals surface area contributed by atoms with Gasteiger partial charge in [0.25, 0.3) is 0 Å². The number of aliphatic hydroxyl groups is 1. The average Bonchev–Trinajstić information content (AvgIpc) is 2.61. The van der Waals surface area contributed by atoms with E-state index in [1.165, 1.54) is 19.3 Å². The Kier molecular flexibility index (Phi) is 7.08. The standard InChI is InChI=1S/C20H27NO2/c1-3-5-6-9-14-23-20-13-12-16(15-21-20)17-10-7-8-11-18(17)19(22)4-2/h7-8,10-13,15,19,22H,3-6,9,14H2,1-2H3. The fraction of sp³-hybridized carbons (Fsp3) is 0.450. The molecule has 3 nitrogen and oxygen atoms in total. The lowest BCUT2D eigenvalue weighted by Gasteiger charge is -2.14. The zero-order valence-electron chi connectivity index (χ0n) is 14.2. The number of pyridine rings is 1. The van der Waals surface area contributed by atoms with Crippen LogP contribution in [0, 0.1) is 0 Å². The first-order valence-corrected chi connectivity index (χ1v) is 8.62. The molecule has 0 radical (unpaired) electrons. The van der Waals surface area contributed by atoms with Gasteiger partial charge in [0.1, 0.15) is 0 Å². The van der Waals surface area contributed by atoms with Gasteiger partial charge in [0.2, 0.25) is 5.88 Å². The van der Waals surface area contributed by atoms with E-state index in [9.17, 15) is 5.11 Å². The molecular weight excluding hydrogens is 286 g/mol. The maximum absolute atomic E-state index is 10.2. The fourth-order valence-electron chi connectivity index (χ4n) is 2.60. The van der Waals surface area contributed by atoms with Crippen LogP contribution in [-0.4, -0.2) is 16.7 Å². The van der Waals surface area contributed by atoms with Crippen molar-refractivity contribution in [2.75, 3.05) is 6.61 Å². The molecular formula is C20H27NO2. The molecule has 0 saturated carbocycles. The largest absolute Gasteiger partial charge is 0.478 e. The molecule has 1 unspecified atom stereocenters. The molecule has 1 aromatic heterocycles. The van der Waals surface area contributed by atoms with Gasteiger partial charge in [0, 0.05) is 17.8 Å². The smallest absolute Gasteiger partial charge is 0.213 e. The molecule has 0 saturated heterocycles. The Hall–Kier alpha value is -1.87. The van der Waals surface area contributed by atoms with Crippen molar-refractivity contribution in [2.45, 2.75) is 52.1 Å². The molecule has 1 heterocycles. The predicted octanol–water partition coefficient (Wildman–Crippen LogP) is 5.15. The van der Waals surface area contributed by atoms with Crippen LogP contribution in [0.1, 0.15) is 57.6 Å². The maximum Gasteiger partial charge on any atom is 0.213 e. The number of aromatic nitrogens is 1. The highest BCUT2D eigenvalue weighted by Gasteiger charge is 2.11. The van der Waals surface area contributed by atoms with Crippen LogP contribution in [0.3, 0.4) is 0 Å². The van der Waals surface area contributed by atoms with Crippen molar-refractivity contribution in [3.63, 3.8) is 0 Å². The van der Waals surface area contributed by atoms with E-state index in [2.05, 4.69) is 11.9 Å². The first kappa shape index (κ1) is 17.5. The molecule has 1 atom stereocenters. The van der Waals surface area contributed by atoms with E-state index < -0.39 is 6.10 Å². The monoisotopic (exact) mass is 313 g/mol. The van der Waals surface area contributed by atoms with Crippen molar-refractivity contribution in [2.24, 2.45) is 0 Å². The van der Waals surface area contributed by atoms with Crippen molar-refractivity contribution in [1.29, 1.82) is 0 Å². The number of nitrogens with zero attached hydrogens (tertiary/aromatic N) is 1. The van der Waals surface area contributed by atoms with Crippen LogP contribution in [0.5, 0.6) is 5.88 Å². The van der Waals surface area contributed by atoms with E-state index in [1.54, 1.807) is 0 Å². The molecule has 0 fully saturated rings. The summed E-state index contributed by atoms with van der Waals surface area (Å²) in [4.78, 5) is 4.40. The minimum atomic E-state index is -0.444. The van der Waals surface area contributed by atoms with E-state index in [4.69, 9.17) is 4.74 Å². The molecule has 0 aliphatic rings. The van der Waals surface area contributed by atoms with Gasteiger partial charge in [-0.25, -0.2) is 4.98 Å². The first-order valence-electron chi connectivity index (χ1n) is 8.62. The van der Waals surface area contributed by atoms with Gasteiger partial charge < -0.3 is 9.84 Å². The average molecular weight is 313 g/mol. The Labute approximate surface area is 139 Å². The Morgan fingerprint density at radius 2 is 1.87 bits per heavy atom. The summed E-state index contributed by atoms with van der Waals surface area (Å²) in [7, 11) is 0. The summed E-state index contributed by atoms with van der Waals surface area (Å²) < 4.78 is 5.68. The van der Waals surface area contributed by atoms with Crippen molar-refractivity contribution >= 4 is 0 Å². The van der Waals surface area contributed by atoms with Gasteiger partial charge in [0.15, 0.2) is 0 Å². The third kappa shape index (κ3) is 5.07. The molecule has 0 amide bonds. The van der Waals surface area contributed by atoms with Gasteiger partial charge in [0.05, 0.1) is 12.7 Å². The lowest BCUT2D eigenvalue weighted by Crippen LogP contribution is -2.00. The van der Waals surface area contributed by atoms with Gasteiger partial charge in [-0.05, 0) is 30.0 Å². The Morgan fingerprint density at radius 3 is 2.57 bits per heavy atom. The minimum absolute atomic E-state index is 0.444. The third-order valence-corrected chi connectivity index (χ3v) is 4.00. The molecule has 3 heteroatoms. The SMILES string of the molecule is CCCCCCOc1ccc(-c2ccccc2C(O)CC)cn1. The summed E-state index contributed by atoms with van der Waals surface area (Å²) in [5, 5.41) is 10.2. The van der Waals surface area contributed by atoms with Crippen LogP contribution >= 0.6 is 0 Å². The summed E-state index contributed by atoms with van der Waals surface area (Å²) in [6.45, 7) is 4.90. The van der Waals surface area contributed by atoms with Crippen LogP contribution in [0.4, 0.5) is 0 Å². The van der Waals surface area contributed by atoms with Crippen LogP contribution in [-0.2, 0) is 0 Å². The van der Waals surface area contributed by atoms with Crippen LogP contribution < -0.4 is 4.74 Å². The van der Waals surface area contributed by atoms with Gasteiger partial charge in [-0.2, -0.15) is 0 Å². The summed E-state index contributed by atoms with van der Waals surface area (Å²) in [5.41, 5.74) is 2.99. The molecule has 0 bridgehead atoms. The second-order valence-electron chi connectivity index (χ2n) is 5.81. The van der Waals surface area contributed by atoms with Crippen molar-refractivity contribution in [3.05, 3.63) is 48.2 Å². The van der Waals surface area contributed by atoms with E-state index >= 15 is 0 Å². The van der Waals surface area contributed by atoms with Crippen LogP contribution in [0.15, 0.2) is 42.6 Å². The van der Waals surface area contributed by atoms with Gasteiger partial charge in [-0.3, -0.25) is 0 Å².